The van der Waals surface area contributed by atoms with Crippen molar-refractivity contribution in [3.63, 3.8) is 0 Å². The molecule has 0 saturated carbocycles. The zero-order chi connectivity index (χ0) is 24.2. The third kappa shape index (κ3) is 4.37. The molecule has 3 aromatic rings. The van der Waals surface area contributed by atoms with Crippen molar-refractivity contribution in [1.29, 1.82) is 0 Å². The Morgan fingerprint density at radius 2 is 1.71 bits per heavy atom. The Kier molecular flexibility index (Phi) is 6.63. The van der Waals surface area contributed by atoms with Crippen LogP contribution in [0.4, 0.5) is 4.39 Å². The third-order valence-corrected chi connectivity index (χ3v) is 5.66. The molecule has 0 aliphatic carbocycles. The number of aliphatic hydroxyl groups is 1. The van der Waals surface area contributed by atoms with E-state index in [-0.39, 0.29) is 23.4 Å². The number of benzene rings is 3. The number of hydrogen-bond donors (Lipinski definition) is 1. The first-order valence-electron chi connectivity index (χ1n) is 10.8. The minimum atomic E-state index is -0.880. The van der Waals surface area contributed by atoms with Gasteiger partial charge in [-0.3, -0.25) is 9.59 Å². The molecule has 1 atom stereocenters. The lowest BCUT2D eigenvalue weighted by atomic mass is 9.94. The van der Waals surface area contributed by atoms with Crippen molar-refractivity contribution in [2.45, 2.75) is 19.5 Å². The van der Waals surface area contributed by atoms with E-state index in [4.69, 9.17) is 9.47 Å². The minimum absolute atomic E-state index is 0.0706. The van der Waals surface area contributed by atoms with E-state index in [1.165, 1.54) is 36.3 Å². The average molecular weight is 461 g/mol. The second kappa shape index (κ2) is 9.79. The predicted molar refractivity (Wildman–Crippen MR) is 125 cm³/mol. The highest BCUT2D eigenvalue weighted by Crippen LogP contribution is 2.42. The number of ether oxygens (including phenoxy) is 2. The Morgan fingerprint density at radius 3 is 2.35 bits per heavy atom. The number of methoxy groups -OCH3 is 1. The molecule has 34 heavy (non-hydrogen) atoms. The van der Waals surface area contributed by atoms with Crippen molar-refractivity contribution in [2.75, 3.05) is 13.7 Å². The van der Waals surface area contributed by atoms with E-state index in [2.05, 4.69) is 0 Å². The summed E-state index contributed by atoms with van der Waals surface area (Å²) in [5.41, 5.74) is 1.56. The summed E-state index contributed by atoms with van der Waals surface area (Å²) in [4.78, 5) is 27.7. The molecule has 1 saturated heterocycles. The normalized spacial score (nSPS) is 17.1. The predicted octanol–water partition coefficient (Wildman–Crippen LogP) is 4.85. The monoisotopic (exact) mass is 461 g/mol. The van der Waals surface area contributed by atoms with Gasteiger partial charge in [-0.15, -0.1) is 0 Å². The SMILES string of the molecule is CCOc1ccc(C2/C(=C(\O)c3ccc(F)cc3)C(=O)C(=O)N2Cc2ccccc2)cc1OC. The summed E-state index contributed by atoms with van der Waals surface area (Å²) in [6.07, 6.45) is 0. The first-order chi connectivity index (χ1) is 16.4. The Hall–Kier alpha value is -4.13. The van der Waals surface area contributed by atoms with Gasteiger partial charge in [0.25, 0.3) is 11.7 Å². The lowest BCUT2D eigenvalue weighted by Crippen LogP contribution is -2.29. The number of aliphatic hydroxyl groups excluding tert-OH is 1. The first kappa shape index (κ1) is 23.0. The Labute approximate surface area is 196 Å². The molecule has 0 aromatic heterocycles. The van der Waals surface area contributed by atoms with E-state index in [1.54, 1.807) is 18.2 Å². The van der Waals surface area contributed by atoms with Crippen LogP contribution in [0.15, 0.2) is 78.4 Å². The first-order valence-corrected chi connectivity index (χ1v) is 10.8. The van der Waals surface area contributed by atoms with Gasteiger partial charge >= 0.3 is 0 Å². The molecule has 1 N–H and O–H groups in total. The Balaban J connectivity index is 1.88. The standard InChI is InChI=1S/C27H24FNO5/c1-3-34-21-14-11-19(15-22(21)33-2)24-23(25(30)18-9-12-20(28)13-10-18)26(31)27(32)29(24)16-17-7-5-4-6-8-17/h4-15,24,30H,3,16H2,1-2H3/b25-23+. The second-order valence-corrected chi connectivity index (χ2v) is 7.76. The number of likely N-dealkylation sites (tertiary alicyclic amines) is 1. The number of hydrogen-bond acceptors (Lipinski definition) is 5. The number of carbonyl (C=O) groups excluding carboxylic acids is 2. The molecule has 0 spiro atoms. The molecule has 6 nitrogen and oxygen atoms in total. The van der Waals surface area contributed by atoms with Crippen molar-refractivity contribution < 1.29 is 28.6 Å². The summed E-state index contributed by atoms with van der Waals surface area (Å²) in [5, 5.41) is 11.1. The molecule has 1 fully saturated rings. The van der Waals surface area contributed by atoms with Crippen LogP contribution in [-0.2, 0) is 16.1 Å². The van der Waals surface area contributed by atoms with Gasteiger partial charge < -0.3 is 19.5 Å². The van der Waals surface area contributed by atoms with Gasteiger partial charge in [0, 0.05) is 12.1 Å². The minimum Gasteiger partial charge on any atom is -0.507 e. The summed E-state index contributed by atoms with van der Waals surface area (Å²) in [5.74, 6) is -1.43. The van der Waals surface area contributed by atoms with Crippen LogP contribution in [0.3, 0.4) is 0 Å². The maximum Gasteiger partial charge on any atom is 0.295 e. The van der Waals surface area contributed by atoms with Crippen LogP contribution >= 0.6 is 0 Å². The van der Waals surface area contributed by atoms with Crippen molar-refractivity contribution >= 4 is 17.4 Å². The van der Waals surface area contributed by atoms with Gasteiger partial charge in [-0.05, 0) is 54.4 Å². The fraction of sp³-hybridized carbons (Fsp3) is 0.185. The Bertz CT molecular complexity index is 1240. The molecule has 0 bridgehead atoms. The number of carbonyl (C=O) groups is 2. The summed E-state index contributed by atoms with van der Waals surface area (Å²) >= 11 is 0. The van der Waals surface area contributed by atoms with Crippen molar-refractivity contribution in [3.8, 4) is 11.5 Å². The number of ketones is 1. The fourth-order valence-electron chi connectivity index (χ4n) is 4.06. The third-order valence-electron chi connectivity index (χ3n) is 5.66. The van der Waals surface area contributed by atoms with Gasteiger partial charge in [-0.25, -0.2) is 4.39 Å². The topological polar surface area (TPSA) is 76.1 Å². The smallest absolute Gasteiger partial charge is 0.295 e. The molecule has 174 valence electrons. The van der Waals surface area contributed by atoms with Gasteiger partial charge in [-0.1, -0.05) is 36.4 Å². The number of nitrogens with zero attached hydrogens (tertiary/aromatic N) is 1. The van der Waals surface area contributed by atoms with Crippen molar-refractivity contribution in [3.05, 3.63) is 101 Å². The molecule has 1 heterocycles. The molecule has 4 rings (SSSR count). The molecule has 1 aliphatic heterocycles. The summed E-state index contributed by atoms with van der Waals surface area (Å²) in [6.45, 7) is 2.45. The van der Waals surface area contributed by atoms with Crippen molar-refractivity contribution in [1.82, 2.24) is 4.90 Å². The van der Waals surface area contributed by atoms with E-state index in [9.17, 15) is 19.1 Å². The fourth-order valence-corrected chi connectivity index (χ4v) is 4.06. The molecule has 0 radical (unpaired) electrons. The van der Waals surface area contributed by atoms with Crippen LogP contribution in [0, 0.1) is 5.82 Å². The highest BCUT2D eigenvalue weighted by Gasteiger charge is 2.46. The molecule has 1 unspecified atom stereocenters. The average Bonchev–Trinajstić information content (AvgIpc) is 3.10. The van der Waals surface area contributed by atoms with E-state index in [0.717, 1.165) is 5.56 Å². The van der Waals surface area contributed by atoms with Gasteiger partial charge in [0.1, 0.15) is 11.6 Å². The van der Waals surface area contributed by atoms with E-state index >= 15 is 0 Å². The van der Waals surface area contributed by atoms with Crippen LogP contribution in [0.5, 0.6) is 11.5 Å². The maximum atomic E-state index is 13.4. The summed E-state index contributed by atoms with van der Waals surface area (Å²) in [6, 6.07) is 18.6. The van der Waals surface area contributed by atoms with Crippen LogP contribution in [0.25, 0.3) is 5.76 Å². The molecule has 3 aromatic carbocycles. The maximum absolute atomic E-state index is 13.4. The van der Waals surface area contributed by atoms with E-state index in [0.29, 0.717) is 23.7 Å². The zero-order valence-electron chi connectivity index (χ0n) is 18.8. The molecular weight excluding hydrogens is 437 g/mol. The van der Waals surface area contributed by atoms with Crippen molar-refractivity contribution in [2.24, 2.45) is 0 Å². The number of Topliss-reactive ketones (excluding diaryl/α,β-unsaturated/α-hetero) is 1. The lowest BCUT2D eigenvalue weighted by Gasteiger charge is -2.26. The van der Waals surface area contributed by atoms with E-state index < -0.39 is 23.5 Å². The van der Waals surface area contributed by atoms with Crippen LogP contribution in [0.1, 0.15) is 29.7 Å². The highest BCUT2D eigenvalue weighted by atomic mass is 19.1. The van der Waals surface area contributed by atoms with Crippen LogP contribution in [0.2, 0.25) is 0 Å². The Morgan fingerprint density at radius 1 is 1.00 bits per heavy atom. The van der Waals surface area contributed by atoms with E-state index in [1.807, 2.05) is 37.3 Å². The molecule has 1 amide bonds. The van der Waals surface area contributed by atoms with Gasteiger partial charge in [0.05, 0.1) is 25.3 Å². The summed E-state index contributed by atoms with van der Waals surface area (Å²) in [7, 11) is 1.50. The quantitative estimate of drug-likeness (QED) is 0.309. The van der Waals surface area contributed by atoms with Crippen LogP contribution < -0.4 is 9.47 Å². The number of halogens is 1. The zero-order valence-corrected chi connectivity index (χ0v) is 18.8. The van der Waals surface area contributed by atoms with Gasteiger partial charge in [0.2, 0.25) is 0 Å². The largest absolute Gasteiger partial charge is 0.507 e. The highest BCUT2D eigenvalue weighted by molar-refractivity contribution is 6.46. The lowest BCUT2D eigenvalue weighted by molar-refractivity contribution is -0.140. The molecule has 1 aliphatic rings. The molecule has 7 heteroatoms. The second-order valence-electron chi connectivity index (χ2n) is 7.76. The number of amides is 1. The van der Waals surface area contributed by atoms with Crippen LogP contribution in [-0.4, -0.2) is 35.4 Å². The van der Waals surface area contributed by atoms with Gasteiger partial charge in [-0.2, -0.15) is 0 Å². The number of rotatable bonds is 7. The van der Waals surface area contributed by atoms with Gasteiger partial charge in [0.15, 0.2) is 11.5 Å². The molecular formula is C27H24FNO5. The summed E-state index contributed by atoms with van der Waals surface area (Å²) < 4.78 is 24.5.